The minimum Gasteiger partial charge on any atom is -0.316 e. The van der Waals surface area contributed by atoms with Crippen molar-refractivity contribution >= 4 is 0 Å². The molecule has 1 heterocycles. The van der Waals surface area contributed by atoms with Crippen molar-refractivity contribution < 1.29 is 13.2 Å². The van der Waals surface area contributed by atoms with Crippen molar-refractivity contribution in [2.75, 3.05) is 13.1 Å². The molecule has 17 heavy (non-hydrogen) atoms. The van der Waals surface area contributed by atoms with Crippen molar-refractivity contribution in [2.24, 2.45) is 5.41 Å². The van der Waals surface area contributed by atoms with Crippen LogP contribution in [0.2, 0.25) is 0 Å². The van der Waals surface area contributed by atoms with Crippen LogP contribution in [0.1, 0.15) is 29.9 Å². The van der Waals surface area contributed by atoms with Crippen LogP contribution < -0.4 is 5.32 Å². The summed E-state index contributed by atoms with van der Waals surface area (Å²) >= 11 is 0. The Morgan fingerprint density at radius 2 is 2.00 bits per heavy atom. The number of alkyl halides is 3. The second-order valence-electron chi connectivity index (χ2n) is 5.13. The third-order valence-corrected chi connectivity index (χ3v) is 4.11. The SMILES string of the molecule is FC(F)(F)c1ccccc1[C@@H]1C[C@]12CCNC2. The zero-order valence-corrected chi connectivity index (χ0v) is 9.35. The summed E-state index contributed by atoms with van der Waals surface area (Å²) in [7, 11) is 0. The van der Waals surface area contributed by atoms with Crippen LogP contribution in [0.25, 0.3) is 0 Å². The smallest absolute Gasteiger partial charge is 0.316 e. The predicted molar refractivity (Wildman–Crippen MR) is 58.7 cm³/mol. The van der Waals surface area contributed by atoms with Crippen LogP contribution in [-0.4, -0.2) is 13.1 Å². The fraction of sp³-hybridized carbons (Fsp3) is 0.538. The van der Waals surface area contributed by atoms with Crippen LogP contribution >= 0.6 is 0 Å². The Hall–Kier alpha value is -1.03. The largest absolute Gasteiger partial charge is 0.416 e. The summed E-state index contributed by atoms with van der Waals surface area (Å²) in [6.45, 7) is 1.80. The molecular formula is C13H14F3N. The molecule has 1 aliphatic heterocycles. The van der Waals surface area contributed by atoms with E-state index < -0.39 is 11.7 Å². The van der Waals surface area contributed by atoms with Gasteiger partial charge in [-0.2, -0.15) is 13.2 Å². The van der Waals surface area contributed by atoms with Gasteiger partial charge in [0.2, 0.25) is 0 Å². The van der Waals surface area contributed by atoms with E-state index in [0.29, 0.717) is 5.56 Å². The fourth-order valence-electron chi connectivity index (χ4n) is 3.08. The van der Waals surface area contributed by atoms with Crippen LogP contribution in [0, 0.1) is 5.41 Å². The van der Waals surface area contributed by atoms with E-state index in [1.54, 1.807) is 12.1 Å². The van der Waals surface area contributed by atoms with Crippen LogP contribution in [0.4, 0.5) is 13.2 Å². The van der Waals surface area contributed by atoms with E-state index in [-0.39, 0.29) is 11.3 Å². The number of nitrogens with one attached hydrogen (secondary N) is 1. The van der Waals surface area contributed by atoms with E-state index in [0.717, 1.165) is 25.9 Å². The minimum absolute atomic E-state index is 0.0929. The highest BCUT2D eigenvalue weighted by atomic mass is 19.4. The van der Waals surface area contributed by atoms with Gasteiger partial charge in [-0.25, -0.2) is 0 Å². The normalized spacial score (nSPS) is 32.1. The van der Waals surface area contributed by atoms with Crippen molar-refractivity contribution in [3.8, 4) is 0 Å². The van der Waals surface area contributed by atoms with E-state index >= 15 is 0 Å². The monoisotopic (exact) mass is 241 g/mol. The first-order valence-corrected chi connectivity index (χ1v) is 5.90. The van der Waals surface area contributed by atoms with Gasteiger partial charge < -0.3 is 5.32 Å². The van der Waals surface area contributed by atoms with E-state index in [1.165, 1.54) is 12.1 Å². The Morgan fingerprint density at radius 3 is 2.65 bits per heavy atom. The highest BCUT2D eigenvalue weighted by molar-refractivity contribution is 5.39. The van der Waals surface area contributed by atoms with Gasteiger partial charge >= 0.3 is 6.18 Å². The van der Waals surface area contributed by atoms with Crippen molar-refractivity contribution in [2.45, 2.75) is 24.9 Å². The third-order valence-electron chi connectivity index (χ3n) is 4.11. The highest BCUT2D eigenvalue weighted by Gasteiger charge is 2.57. The second kappa shape index (κ2) is 3.48. The standard InChI is InChI=1S/C13H14F3N/c14-13(15,16)10-4-2-1-3-9(10)11-7-12(11)5-6-17-8-12/h1-4,11,17H,5-8H2/t11-,12-/m0/s1. The summed E-state index contributed by atoms with van der Waals surface area (Å²) in [4.78, 5) is 0. The fourth-order valence-corrected chi connectivity index (χ4v) is 3.08. The van der Waals surface area contributed by atoms with Gasteiger partial charge in [0.15, 0.2) is 0 Å². The first-order chi connectivity index (χ1) is 8.03. The molecule has 2 fully saturated rings. The van der Waals surface area contributed by atoms with Crippen molar-refractivity contribution in [1.82, 2.24) is 5.32 Å². The number of halogens is 3. The zero-order valence-electron chi connectivity index (χ0n) is 9.35. The number of hydrogen-bond acceptors (Lipinski definition) is 1. The van der Waals surface area contributed by atoms with Crippen LogP contribution in [0.15, 0.2) is 24.3 Å². The molecule has 0 aromatic heterocycles. The summed E-state index contributed by atoms with van der Waals surface area (Å²) < 4.78 is 38.7. The summed E-state index contributed by atoms with van der Waals surface area (Å²) in [6.07, 6.45) is -2.33. The molecule has 0 radical (unpaired) electrons. The molecule has 4 heteroatoms. The van der Waals surface area contributed by atoms with Gasteiger partial charge in [-0.05, 0) is 42.3 Å². The molecule has 2 aliphatic rings. The average molecular weight is 241 g/mol. The first kappa shape index (κ1) is 11.1. The molecule has 1 nitrogen and oxygen atoms in total. The van der Waals surface area contributed by atoms with Crippen molar-refractivity contribution in [3.63, 3.8) is 0 Å². The van der Waals surface area contributed by atoms with Gasteiger partial charge in [0.1, 0.15) is 0 Å². The summed E-state index contributed by atoms with van der Waals surface area (Å²) in [5.41, 5.74) is 0.152. The number of rotatable bonds is 1. The third kappa shape index (κ3) is 1.75. The molecule has 0 unspecified atom stereocenters. The summed E-state index contributed by atoms with van der Waals surface area (Å²) in [5, 5.41) is 3.25. The molecule has 0 amide bonds. The minimum atomic E-state index is -4.23. The highest BCUT2D eigenvalue weighted by Crippen LogP contribution is 2.63. The van der Waals surface area contributed by atoms with E-state index in [9.17, 15) is 13.2 Å². The lowest BCUT2D eigenvalue weighted by Gasteiger charge is -2.14. The maximum absolute atomic E-state index is 12.9. The Balaban J connectivity index is 1.94. The zero-order chi connectivity index (χ0) is 12.1. The van der Waals surface area contributed by atoms with E-state index in [2.05, 4.69) is 5.32 Å². The molecule has 1 saturated heterocycles. The van der Waals surface area contributed by atoms with Crippen molar-refractivity contribution in [1.29, 1.82) is 0 Å². The number of benzene rings is 1. The molecule has 1 aliphatic carbocycles. The molecule has 1 aromatic carbocycles. The Morgan fingerprint density at radius 1 is 1.24 bits per heavy atom. The van der Waals surface area contributed by atoms with Gasteiger partial charge in [-0.15, -0.1) is 0 Å². The Labute approximate surface area is 98.0 Å². The molecule has 1 aromatic rings. The lowest BCUT2D eigenvalue weighted by Crippen LogP contribution is -2.13. The van der Waals surface area contributed by atoms with Gasteiger partial charge in [-0.1, -0.05) is 18.2 Å². The maximum Gasteiger partial charge on any atom is 0.416 e. The maximum atomic E-state index is 12.9. The second-order valence-corrected chi connectivity index (χ2v) is 5.13. The lowest BCUT2D eigenvalue weighted by atomic mass is 9.95. The summed E-state index contributed by atoms with van der Waals surface area (Å²) in [5.74, 6) is 0.0929. The topological polar surface area (TPSA) is 12.0 Å². The molecule has 1 N–H and O–H groups in total. The molecule has 1 saturated carbocycles. The van der Waals surface area contributed by atoms with E-state index in [1.807, 2.05) is 0 Å². The van der Waals surface area contributed by atoms with Gasteiger partial charge in [0.05, 0.1) is 5.56 Å². The molecule has 92 valence electrons. The molecular weight excluding hydrogens is 227 g/mol. The number of hydrogen-bond donors (Lipinski definition) is 1. The molecule has 3 rings (SSSR count). The Bertz CT molecular complexity index is 433. The van der Waals surface area contributed by atoms with Crippen LogP contribution in [-0.2, 0) is 6.18 Å². The molecule has 0 bridgehead atoms. The quantitative estimate of drug-likeness (QED) is 0.796. The van der Waals surface area contributed by atoms with Gasteiger partial charge in [0, 0.05) is 6.54 Å². The Kier molecular flexibility index (Phi) is 2.27. The van der Waals surface area contributed by atoms with E-state index in [4.69, 9.17) is 0 Å². The van der Waals surface area contributed by atoms with Gasteiger partial charge in [-0.3, -0.25) is 0 Å². The lowest BCUT2D eigenvalue weighted by molar-refractivity contribution is -0.138. The van der Waals surface area contributed by atoms with Crippen LogP contribution in [0.3, 0.4) is 0 Å². The first-order valence-electron chi connectivity index (χ1n) is 5.90. The molecule has 1 spiro atoms. The van der Waals surface area contributed by atoms with Gasteiger partial charge in [0.25, 0.3) is 0 Å². The average Bonchev–Trinajstić information content (AvgIpc) is 2.75. The molecule has 2 atom stereocenters. The summed E-state index contributed by atoms with van der Waals surface area (Å²) in [6, 6.07) is 6.01. The van der Waals surface area contributed by atoms with Crippen molar-refractivity contribution in [3.05, 3.63) is 35.4 Å². The predicted octanol–water partition coefficient (Wildman–Crippen LogP) is 3.17. The van der Waals surface area contributed by atoms with Crippen LogP contribution in [0.5, 0.6) is 0 Å².